The molecule has 2 atom stereocenters. The molecule has 0 aromatic carbocycles. The van der Waals surface area contributed by atoms with E-state index in [0.29, 0.717) is 12.0 Å². The normalized spacial score (nSPS) is 29.6. The maximum atomic E-state index is 5.45. The predicted molar refractivity (Wildman–Crippen MR) is 41.6 cm³/mol. The second kappa shape index (κ2) is 3.63. The molecule has 1 aliphatic carbocycles. The van der Waals surface area contributed by atoms with E-state index in [9.17, 15) is 0 Å². The lowest BCUT2D eigenvalue weighted by atomic mass is 10.4. The fourth-order valence-electron chi connectivity index (χ4n) is 0.910. The largest absolute Gasteiger partial charge is 0.377 e. The molecule has 0 saturated heterocycles. The maximum Gasteiger partial charge on any atom is 0.0726 e. The van der Waals surface area contributed by atoms with Crippen molar-refractivity contribution in [2.24, 2.45) is 5.92 Å². The van der Waals surface area contributed by atoms with Gasteiger partial charge in [-0.1, -0.05) is 13.3 Å². The van der Waals surface area contributed by atoms with Crippen LogP contribution in [0, 0.1) is 18.3 Å². The van der Waals surface area contributed by atoms with E-state index in [1.54, 1.807) is 0 Å². The molecule has 10 heavy (non-hydrogen) atoms. The zero-order valence-electron chi connectivity index (χ0n) is 6.47. The summed E-state index contributed by atoms with van der Waals surface area (Å²) < 4.78 is 5.45. The zero-order chi connectivity index (χ0) is 7.40. The van der Waals surface area contributed by atoms with Crippen LogP contribution in [0.1, 0.15) is 26.2 Å². The van der Waals surface area contributed by atoms with E-state index in [2.05, 4.69) is 12.8 Å². The van der Waals surface area contributed by atoms with Crippen molar-refractivity contribution in [2.75, 3.05) is 6.61 Å². The first-order chi connectivity index (χ1) is 4.88. The highest BCUT2D eigenvalue weighted by Gasteiger charge is 2.36. The molecule has 56 valence electrons. The van der Waals surface area contributed by atoms with Crippen LogP contribution in [-0.4, -0.2) is 12.7 Å². The Labute approximate surface area is 62.8 Å². The molecule has 1 rings (SSSR count). The van der Waals surface area contributed by atoms with E-state index in [4.69, 9.17) is 11.2 Å². The third kappa shape index (κ3) is 2.04. The Balaban J connectivity index is 1.93. The molecule has 1 aliphatic rings. The molecule has 0 unspecified atom stereocenters. The Morgan fingerprint density at radius 1 is 1.70 bits per heavy atom. The molecule has 1 nitrogen and oxygen atoms in total. The van der Waals surface area contributed by atoms with Crippen molar-refractivity contribution in [3.05, 3.63) is 0 Å². The van der Waals surface area contributed by atoms with Crippen LogP contribution >= 0.6 is 0 Å². The minimum Gasteiger partial charge on any atom is -0.377 e. The molecule has 0 aromatic heterocycles. The molecule has 0 heterocycles. The number of unbranched alkanes of at least 4 members (excludes halogenated alkanes) is 1. The quantitative estimate of drug-likeness (QED) is 0.425. The highest BCUT2D eigenvalue weighted by molar-refractivity contribution is 5.08. The van der Waals surface area contributed by atoms with Crippen LogP contribution in [0.4, 0.5) is 0 Å². The molecule has 0 aliphatic heterocycles. The Morgan fingerprint density at radius 2 is 2.50 bits per heavy atom. The first-order valence-electron chi connectivity index (χ1n) is 3.96. The first-order valence-corrected chi connectivity index (χ1v) is 3.96. The van der Waals surface area contributed by atoms with Crippen molar-refractivity contribution in [3.8, 4) is 12.3 Å². The van der Waals surface area contributed by atoms with Crippen LogP contribution in [0.2, 0.25) is 0 Å². The molecular formula is C9H14O. The van der Waals surface area contributed by atoms with Crippen molar-refractivity contribution in [1.82, 2.24) is 0 Å². The summed E-state index contributed by atoms with van der Waals surface area (Å²) in [6.45, 7) is 3.05. The number of rotatable bonds is 4. The number of ether oxygens (including phenoxy) is 1. The Kier molecular flexibility index (Phi) is 2.77. The van der Waals surface area contributed by atoms with Gasteiger partial charge in [0.2, 0.25) is 0 Å². The summed E-state index contributed by atoms with van der Waals surface area (Å²) in [6, 6.07) is 0. The van der Waals surface area contributed by atoms with Gasteiger partial charge in [-0.25, -0.2) is 0 Å². The summed E-state index contributed by atoms with van der Waals surface area (Å²) in [4.78, 5) is 0. The lowest BCUT2D eigenvalue weighted by Crippen LogP contribution is -1.97. The molecule has 0 spiro atoms. The lowest BCUT2D eigenvalue weighted by molar-refractivity contribution is 0.111. The van der Waals surface area contributed by atoms with Gasteiger partial charge in [0.25, 0.3) is 0 Å². The van der Waals surface area contributed by atoms with Crippen LogP contribution in [0.5, 0.6) is 0 Å². The third-order valence-corrected chi connectivity index (χ3v) is 1.78. The second-order valence-electron chi connectivity index (χ2n) is 2.77. The van der Waals surface area contributed by atoms with E-state index in [0.717, 1.165) is 19.4 Å². The Morgan fingerprint density at radius 3 is 3.00 bits per heavy atom. The van der Waals surface area contributed by atoms with Crippen molar-refractivity contribution >= 4 is 0 Å². The van der Waals surface area contributed by atoms with Gasteiger partial charge in [0.1, 0.15) is 0 Å². The van der Waals surface area contributed by atoms with Gasteiger partial charge in [0, 0.05) is 12.5 Å². The smallest absolute Gasteiger partial charge is 0.0726 e. The summed E-state index contributed by atoms with van der Waals surface area (Å²) in [5.41, 5.74) is 0. The van der Waals surface area contributed by atoms with Crippen molar-refractivity contribution in [3.63, 3.8) is 0 Å². The highest BCUT2D eigenvalue weighted by Crippen LogP contribution is 2.32. The van der Waals surface area contributed by atoms with E-state index in [1.165, 1.54) is 6.42 Å². The van der Waals surface area contributed by atoms with Gasteiger partial charge in [0.15, 0.2) is 0 Å². The number of hydrogen-bond acceptors (Lipinski definition) is 1. The minimum absolute atomic E-state index is 0.400. The highest BCUT2D eigenvalue weighted by atomic mass is 16.5. The monoisotopic (exact) mass is 138 g/mol. The van der Waals surface area contributed by atoms with E-state index < -0.39 is 0 Å². The molecule has 0 N–H and O–H groups in total. The van der Waals surface area contributed by atoms with Crippen LogP contribution in [0.3, 0.4) is 0 Å². The predicted octanol–water partition coefficient (Wildman–Crippen LogP) is 1.82. The maximum absolute atomic E-state index is 5.45. The fraction of sp³-hybridized carbons (Fsp3) is 0.778. The molecule has 0 radical (unpaired) electrons. The van der Waals surface area contributed by atoms with Gasteiger partial charge in [-0.3, -0.25) is 0 Å². The Hall–Kier alpha value is -0.480. The van der Waals surface area contributed by atoms with Gasteiger partial charge in [-0.2, -0.15) is 0 Å². The average Bonchev–Trinajstić information content (AvgIpc) is 2.68. The van der Waals surface area contributed by atoms with Gasteiger partial charge in [-0.05, 0) is 12.8 Å². The van der Waals surface area contributed by atoms with Gasteiger partial charge >= 0.3 is 0 Å². The lowest BCUT2D eigenvalue weighted by Gasteiger charge is -1.98. The van der Waals surface area contributed by atoms with Crippen molar-refractivity contribution < 1.29 is 4.74 Å². The summed E-state index contributed by atoms with van der Waals surface area (Å²) in [5.74, 6) is 3.12. The summed E-state index contributed by atoms with van der Waals surface area (Å²) >= 11 is 0. The summed E-state index contributed by atoms with van der Waals surface area (Å²) in [5, 5.41) is 0. The molecule has 0 aromatic rings. The average molecular weight is 138 g/mol. The number of hydrogen-bond donors (Lipinski definition) is 0. The summed E-state index contributed by atoms with van der Waals surface area (Å²) in [6.07, 6.45) is 9.04. The third-order valence-electron chi connectivity index (χ3n) is 1.78. The molecule has 0 bridgehead atoms. The van der Waals surface area contributed by atoms with Gasteiger partial charge in [0.05, 0.1) is 6.10 Å². The van der Waals surface area contributed by atoms with Gasteiger partial charge in [-0.15, -0.1) is 12.3 Å². The number of terminal acetylenes is 1. The second-order valence-corrected chi connectivity index (χ2v) is 2.77. The van der Waals surface area contributed by atoms with Crippen molar-refractivity contribution in [2.45, 2.75) is 32.3 Å². The van der Waals surface area contributed by atoms with Crippen LogP contribution < -0.4 is 0 Å². The molecule has 1 fully saturated rings. The molecule has 1 heteroatoms. The zero-order valence-corrected chi connectivity index (χ0v) is 6.47. The SMILES string of the molecule is C#C[C@H]1C[C@H]1OCCCC. The van der Waals surface area contributed by atoms with Crippen LogP contribution in [0.25, 0.3) is 0 Å². The first kappa shape index (κ1) is 7.63. The van der Waals surface area contributed by atoms with E-state index in [1.807, 2.05) is 0 Å². The molecule has 0 amide bonds. The summed E-state index contributed by atoms with van der Waals surface area (Å²) in [7, 11) is 0. The standard InChI is InChI=1S/C9H14O/c1-3-5-6-10-9-7-8(9)4-2/h2,8-9H,3,5-7H2,1H3/t8-,9+/m0/s1. The minimum atomic E-state index is 0.400. The molecular weight excluding hydrogens is 124 g/mol. The van der Waals surface area contributed by atoms with Gasteiger partial charge < -0.3 is 4.74 Å². The molecule has 1 saturated carbocycles. The van der Waals surface area contributed by atoms with E-state index >= 15 is 0 Å². The Bertz CT molecular complexity index is 134. The van der Waals surface area contributed by atoms with Crippen LogP contribution in [-0.2, 0) is 4.74 Å². The topological polar surface area (TPSA) is 9.23 Å². The van der Waals surface area contributed by atoms with Crippen LogP contribution in [0.15, 0.2) is 0 Å². The van der Waals surface area contributed by atoms with Crippen molar-refractivity contribution in [1.29, 1.82) is 0 Å². The van der Waals surface area contributed by atoms with E-state index in [-0.39, 0.29) is 0 Å². The fourth-order valence-corrected chi connectivity index (χ4v) is 0.910.